The van der Waals surface area contributed by atoms with Crippen molar-refractivity contribution in [2.45, 2.75) is 12.0 Å². The minimum absolute atomic E-state index is 0.111. The molecule has 1 amide bonds. The van der Waals surface area contributed by atoms with Gasteiger partial charge in [-0.2, -0.15) is 0 Å². The number of halogens is 3. The molecule has 3 heterocycles. The second-order valence-corrected chi connectivity index (χ2v) is 6.58. The van der Waals surface area contributed by atoms with Crippen molar-refractivity contribution in [2.75, 3.05) is 18.5 Å². The molecule has 0 saturated heterocycles. The lowest BCUT2D eigenvalue weighted by molar-refractivity contribution is -0.0145. The van der Waals surface area contributed by atoms with E-state index in [0.717, 1.165) is 17.6 Å². The van der Waals surface area contributed by atoms with Gasteiger partial charge in [0, 0.05) is 23.0 Å². The SMILES string of the molecule is NC1=NC(c2cc(NC(=O)c3cc4cccn4cn3)ccc2F)(C(F)F)COC1. The van der Waals surface area contributed by atoms with Crippen molar-refractivity contribution in [3.8, 4) is 0 Å². The molecule has 10 heteroatoms. The average molecular weight is 403 g/mol. The fourth-order valence-corrected chi connectivity index (χ4v) is 3.19. The summed E-state index contributed by atoms with van der Waals surface area (Å²) in [4.78, 5) is 20.4. The zero-order chi connectivity index (χ0) is 20.6. The van der Waals surface area contributed by atoms with E-state index in [4.69, 9.17) is 10.5 Å². The molecule has 3 aromatic rings. The van der Waals surface area contributed by atoms with E-state index >= 15 is 0 Å². The van der Waals surface area contributed by atoms with Crippen molar-refractivity contribution in [3.63, 3.8) is 0 Å². The summed E-state index contributed by atoms with van der Waals surface area (Å²) in [5.41, 5.74) is 3.85. The van der Waals surface area contributed by atoms with Crippen LogP contribution in [0.1, 0.15) is 16.1 Å². The van der Waals surface area contributed by atoms with Crippen molar-refractivity contribution < 1.29 is 22.7 Å². The Bertz CT molecular complexity index is 1110. The first-order valence-electron chi connectivity index (χ1n) is 8.63. The average Bonchev–Trinajstić information content (AvgIpc) is 3.17. The first-order chi connectivity index (χ1) is 13.9. The number of nitrogens with one attached hydrogen (secondary N) is 1. The van der Waals surface area contributed by atoms with Crippen LogP contribution >= 0.6 is 0 Å². The van der Waals surface area contributed by atoms with Crippen molar-refractivity contribution in [2.24, 2.45) is 10.7 Å². The predicted molar refractivity (Wildman–Crippen MR) is 99.7 cm³/mol. The molecule has 7 nitrogen and oxygen atoms in total. The number of aromatic nitrogens is 2. The molecule has 1 aromatic carbocycles. The third kappa shape index (κ3) is 3.42. The van der Waals surface area contributed by atoms with Crippen molar-refractivity contribution >= 4 is 22.9 Å². The van der Waals surface area contributed by atoms with Gasteiger partial charge >= 0.3 is 0 Å². The lowest BCUT2D eigenvalue weighted by Gasteiger charge is -2.33. The molecule has 0 aliphatic carbocycles. The molecule has 1 atom stereocenters. The monoisotopic (exact) mass is 403 g/mol. The van der Waals surface area contributed by atoms with Gasteiger partial charge in [-0.05, 0) is 36.4 Å². The molecule has 0 fully saturated rings. The van der Waals surface area contributed by atoms with Crippen molar-refractivity contribution in [1.82, 2.24) is 9.38 Å². The highest BCUT2D eigenvalue weighted by molar-refractivity contribution is 6.03. The van der Waals surface area contributed by atoms with Gasteiger partial charge in [-0.25, -0.2) is 18.2 Å². The van der Waals surface area contributed by atoms with Gasteiger partial charge in [0.1, 0.15) is 24.0 Å². The zero-order valence-corrected chi connectivity index (χ0v) is 15.0. The molecular formula is C19H16F3N5O2. The molecule has 1 aliphatic heterocycles. The highest BCUT2D eigenvalue weighted by atomic mass is 19.3. The van der Waals surface area contributed by atoms with E-state index in [9.17, 15) is 18.0 Å². The topological polar surface area (TPSA) is 94.0 Å². The Morgan fingerprint density at radius 1 is 1.31 bits per heavy atom. The number of nitrogens with zero attached hydrogens (tertiary/aromatic N) is 3. The van der Waals surface area contributed by atoms with Crippen LogP contribution in [0.25, 0.3) is 5.52 Å². The summed E-state index contributed by atoms with van der Waals surface area (Å²) in [5.74, 6) is -1.63. The summed E-state index contributed by atoms with van der Waals surface area (Å²) in [6, 6.07) is 8.53. The number of benzene rings is 1. The third-order valence-corrected chi connectivity index (χ3v) is 4.62. The van der Waals surface area contributed by atoms with E-state index in [0.29, 0.717) is 0 Å². The van der Waals surface area contributed by atoms with E-state index < -0.39 is 35.9 Å². The summed E-state index contributed by atoms with van der Waals surface area (Å²) in [6.07, 6.45) is 0.182. The highest BCUT2D eigenvalue weighted by Gasteiger charge is 2.46. The van der Waals surface area contributed by atoms with Crippen LogP contribution in [0.4, 0.5) is 18.9 Å². The van der Waals surface area contributed by atoms with Gasteiger partial charge in [0.05, 0.1) is 12.9 Å². The number of fused-ring (bicyclic) bond motifs is 1. The number of aliphatic imine (C=N–C) groups is 1. The molecule has 4 rings (SSSR count). The molecule has 150 valence electrons. The molecule has 2 aromatic heterocycles. The maximum atomic E-state index is 14.5. The number of carbonyl (C=O) groups is 1. The molecule has 1 aliphatic rings. The number of carbonyl (C=O) groups excluding carboxylic acids is 1. The first kappa shape index (κ1) is 18.9. The molecule has 29 heavy (non-hydrogen) atoms. The van der Waals surface area contributed by atoms with Gasteiger partial charge < -0.3 is 20.2 Å². The Labute approximate surface area is 163 Å². The Morgan fingerprint density at radius 3 is 2.90 bits per heavy atom. The maximum Gasteiger partial charge on any atom is 0.274 e. The Balaban J connectivity index is 1.67. The van der Waals surface area contributed by atoms with Gasteiger partial charge in [0.2, 0.25) is 0 Å². The number of anilines is 1. The molecule has 1 unspecified atom stereocenters. The van der Waals surface area contributed by atoms with Crippen molar-refractivity contribution in [3.05, 3.63) is 66.0 Å². The lowest BCUT2D eigenvalue weighted by Crippen LogP contribution is -2.45. The molecule has 0 radical (unpaired) electrons. The molecule has 0 spiro atoms. The summed E-state index contributed by atoms with van der Waals surface area (Å²) in [7, 11) is 0. The third-order valence-electron chi connectivity index (χ3n) is 4.62. The second kappa shape index (κ2) is 7.21. The minimum atomic E-state index is -3.07. The van der Waals surface area contributed by atoms with Crippen LogP contribution in [-0.4, -0.2) is 40.8 Å². The van der Waals surface area contributed by atoms with Crippen LogP contribution in [0.2, 0.25) is 0 Å². The van der Waals surface area contributed by atoms with Crippen molar-refractivity contribution in [1.29, 1.82) is 0 Å². The number of ether oxygens (including phenoxy) is 1. The summed E-state index contributed by atoms with van der Waals surface area (Å²) < 4.78 is 49.0. The Kier molecular flexibility index (Phi) is 4.71. The minimum Gasteiger partial charge on any atom is -0.385 e. The highest BCUT2D eigenvalue weighted by Crippen LogP contribution is 2.38. The summed E-state index contributed by atoms with van der Waals surface area (Å²) >= 11 is 0. The van der Waals surface area contributed by atoms with Crippen LogP contribution < -0.4 is 11.1 Å². The molecule has 3 N–H and O–H groups in total. The van der Waals surface area contributed by atoms with Gasteiger partial charge in [-0.15, -0.1) is 0 Å². The smallest absolute Gasteiger partial charge is 0.274 e. The van der Waals surface area contributed by atoms with E-state index in [1.165, 1.54) is 12.4 Å². The van der Waals surface area contributed by atoms with E-state index in [-0.39, 0.29) is 23.8 Å². The summed E-state index contributed by atoms with van der Waals surface area (Å²) in [6.45, 7) is -0.646. The normalized spacial score (nSPS) is 19.4. The first-order valence-corrected chi connectivity index (χ1v) is 8.63. The number of hydrogen-bond acceptors (Lipinski definition) is 5. The largest absolute Gasteiger partial charge is 0.385 e. The Morgan fingerprint density at radius 2 is 2.14 bits per heavy atom. The van der Waals surface area contributed by atoms with Crippen LogP contribution in [0, 0.1) is 5.82 Å². The summed E-state index contributed by atoms with van der Waals surface area (Å²) in [5, 5.41) is 2.55. The van der Waals surface area contributed by atoms with E-state index in [2.05, 4.69) is 15.3 Å². The standard InChI is InChI=1S/C19H16F3N5O2/c20-14-4-3-11(6-13(14)19(18(21)22)9-29-8-16(23)26-19)25-17(28)15-7-12-2-1-5-27(12)10-24-15/h1-7,10,18H,8-9H2,(H2,23,26)(H,25,28). The molecule has 0 saturated carbocycles. The van der Waals surface area contributed by atoms with Crippen LogP contribution in [0.5, 0.6) is 0 Å². The lowest BCUT2D eigenvalue weighted by atomic mass is 9.90. The van der Waals surface area contributed by atoms with Crippen LogP contribution in [-0.2, 0) is 10.3 Å². The number of hydrogen-bond donors (Lipinski definition) is 2. The number of amidine groups is 1. The second-order valence-electron chi connectivity index (χ2n) is 6.58. The Hall–Kier alpha value is -3.40. The predicted octanol–water partition coefficient (Wildman–Crippen LogP) is 2.57. The van der Waals surface area contributed by atoms with Crippen LogP contribution in [0.3, 0.4) is 0 Å². The quantitative estimate of drug-likeness (QED) is 0.700. The fraction of sp³-hybridized carbons (Fsp3) is 0.211. The van der Waals surface area contributed by atoms with Crippen LogP contribution in [0.15, 0.2) is 53.9 Å². The molecular weight excluding hydrogens is 387 g/mol. The van der Waals surface area contributed by atoms with Gasteiger partial charge in [-0.1, -0.05) is 0 Å². The fourth-order valence-electron chi connectivity index (χ4n) is 3.19. The zero-order valence-electron chi connectivity index (χ0n) is 15.0. The molecule has 0 bridgehead atoms. The van der Waals surface area contributed by atoms with E-state index in [1.54, 1.807) is 28.8 Å². The van der Waals surface area contributed by atoms with Gasteiger partial charge in [0.25, 0.3) is 12.3 Å². The number of nitrogens with two attached hydrogens (primary N) is 1. The van der Waals surface area contributed by atoms with Gasteiger partial charge in [0.15, 0.2) is 5.54 Å². The number of amides is 1. The number of alkyl halides is 2. The van der Waals surface area contributed by atoms with E-state index in [1.807, 2.05) is 0 Å². The number of rotatable bonds is 4. The maximum absolute atomic E-state index is 14.5. The van der Waals surface area contributed by atoms with Gasteiger partial charge in [-0.3, -0.25) is 9.79 Å².